The van der Waals surface area contributed by atoms with Gasteiger partial charge in [0.1, 0.15) is 33.6 Å². The van der Waals surface area contributed by atoms with E-state index in [9.17, 15) is 10.2 Å². The van der Waals surface area contributed by atoms with Crippen LogP contribution < -0.4 is 9.47 Å². The molecule has 0 saturated heterocycles. The van der Waals surface area contributed by atoms with Gasteiger partial charge in [0.05, 0.1) is 24.2 Å². The van der Waals surface area contributed by atoms with Crippen molar-refractivity contribution in [3.05, 3.63) is 67.5 Å². The van der Waals surface area contributed by atoms with E-state index in [1.807, 2.05) is 52.9 Å². The number of rotatable bonds is 12. The van der Waals surface area contributed by atoms with Gasteiger partial charge in [-0.2, -0.15) is 0 Å². The predicted molar refractivity (Wildman–Crippen MR) is 148 cm³/mol. The molecule has 0 fully saturated rings. The van der Waals surface area contributed by atoms with Gasteiger partial charge in [-0.05, 0) is 73.9 Å². The van der Waals surface area contributed by atoms with Gasteiger partial charge in [0.15, 0.2) is 0 Å². The highest BCUT2D eigenvalue weighted by Gasteiger charge is 2.24. The molecule has 2 aromatic carbocycles. The highest BCUT2D eigenvalue weighted by molar-refractivity contribution is 14.1. The standard InChI is InChI=1S/C25H30BrClIN3O4/c1-16(11-27)14-35-23-9-6-18(10-21(23)26)25(2,3)17-4-7-20(8-5-17)34-15-19(33)12-31-24(28)22(13-32)29-30-31/h4-10,16,19,32-33H,11-15H2,1-3H3. The zero-order valence-corrected chi connectivity index (χ0v) is 24.4. The minimum atomic E-state index is -0.765. The Morgan fingerprint density at radius 3 is 2.40 bits per heavy atom. The van der Waals surface area contributed by atoms with E-state index in [2.05, 4.69) is 59.1 Å². The maximum atomic E-state index is 10.3. The van der Waals surface area contributed by atoms with Crippen LogP contribution in [0.5, 0.6) is 11.5 Å². The Bertz CT molecular complexity index is 1110. The van der Waals surface area contributed by atoms with Crippen molar-refractivity contribution < 1.29 is 19.7 Å². The van der Waals surface area contributed by atoms with E-state index in [-0.39, 0.29) is 31.1 Å². The second-order valence-corrected chi connectivity index (χ2v) is 11.2. The molecule has 2 atom stereocenters. The predicted octanol–water partition coefficient (Wildman–Crippen LogP) is 5.16. The van der Waals surface area contributed by atoms with Crippen LogP contribution in [0, 0.1) is 9.62 Å². The Kier molecular flexibility index (Phi) is 10.2. The molecule has 2 N–H and O–H groups in total. The molecule has 7 nitrogen and oxygen atoms in total. The molecule has 190 valence electrons. The first kappa shape index (κ1) is 28.2. The van der Waals surface area contributed by atoms with Crippen molar-refractivity contribution in [1.29, 1.82) is 0 Å². The third-order valence-electron chi connectivity index (χ3n) is 5.73. The Balaban J connectivity index is 1.60. The fourth-order valence-electron chi connectivity index (χ4n) is 3.41. The van der Waals surface area contributed by atoms with Gasteiger partial charge in [0.2, 0.25) is 0 Å². The maximum Gasteiger partial charge on any atom is 0.133 e. The topological polar surface area (TPSA) is 89.6 Å². The molecular formula is C25H30BrClIN3O4. The molecule has 0 radical (unpaired) electrons. The molecule has 3 rings (SSSR count). The van der Waals surface area contributed by atoms with E-state index >= 15 is 0 Å². The van der Waals surface area contributed by atoms with E-state index in [0.29, 0.717) is 27.6 Å². The van der Waals surface area contributed by atoms with Crippen LogP contribution in [-0.2, 0) is 18.6 Å². The summed E-state index contributed by atoms with van der Waals surface area (Å²) in [5.74, 6) is 2.32. The largest absolute Gasteiger partial charge is 0.492 e. The summed E-state index contributed by atoms with van der Waals surface area (Å²) in [7, 11) is 0. The molecule has 1 heterocycles. The molecule has 10 heteroatoms. The first-order valence-corrected chi connectivity index (χ1v) is 13.6. The number of hydrogen-bond donors (Lipinski definition) is 2. The summed E-state index contributed by atoms with van der Waals surface area (Å²) in [5, 5.41) is 27.4. The molecule has 3 aromatic rings. The first-order valence-electron chi connectivity index (χ1n) is 11.2. The number of alkyl halides is 1. The highest BCUT2D eigenvalue weighted by Crippen LogP contribution is 2.36. The Labute approximate surface area is 233 Å². The molecule has 0 aliphatic carbocycles. The normalized spacial score (nSPS) is 13.5. The van der Waals surface area contributed by atoms with Crippen LogP contribution in [0.3, 0.4) is 0 Å². The number of aromatic nitrogens is 3. The fourth-order valence-corrected chi connectivity index (χ4v) is 4.57. The van der Waals surface area contributed by atoms with Crippen LogP contribution in [0.4, 0.5) is 0 Å². The van der Waals surface area contributed by atoms with Gasteiger partial charge in [0, 0.05) is 17.2 Å². The van der Waals surface area contributed by atoms with Crippen molar-refractivity contribution in [1.82, 2.24) is 15.0 Å². The Morgan fingerprint density at radius 1 is 1.11 bits per heavy atom. The second-order valence-electron chi connectivity index (χ2n) is 9.00. The van der Waals surface area contributed by atoms with Crippen molar-refractivity contribution in [2.45, 2.75) is 45.4 Å². The number of hydrogen-bond acceptors (Lipinski definition) is 6. The van der Waals surface area contributed by atoms with Crippen molar-refractivity contribution in [3.63, 3.8) is 0 Å². The van der Waals surface area contributed by atoms with Crippen LogP contribution in [0.15, 0.2) is 46.9 Å². The van der Waals surface area contributed by atoms with E-state index < -0.39 is 6.10 Å². The van der Waals surface area contributed by atoms with Crippen molar-refractivity contribution in [2.75, 3.05) is 19.1 Å². The van der Waals surface area contributed by atoms with Gasteiger partial charge in [0.25, 0.3) is 0 Å². The third-order valence-corrected chi connectivity index (χ3v) is 8.06. The summed E-state index contributed by atoms with van der Waals surface area (Å²) in [4.78, 5) is 0. The van der Waals surface area contributed by atoms with E-state index in [1.54, 1.807) is 4.68 Å². The second kappa shape index (κ2) is 12.7. The summed E-state index contributed by atoms with van der Waals surface area (Å²) >= 11 is 11.6. The minimum Gasteiger partial charge on any atom is -0.492 e. The number of halogens is 3. The van der Waals surface area contributed by atoms with Crippen LogP contribution in [0.25, 0.3) is 0 Å². The average molecular weight is 679 g/mol. The highest BCUT2D eigenvalue weighted by atomic mass is 127. The zero-order chi connectivity index (χ0) is 25.6. The molecule has 2 unspecified atom stereocenters. The number of aliphatic hydroxyl groups excluding tert-OH is 2. The molecule has 0 bridgehead atoms. The van der Waals surface area contributed by atoms with Crippen molar-refractivity contribution in [2.24, 2.45) is 5.92 Å². The molecule has 0 aliphatic rings. The molecule has 0 aliphatic heterocycles. The van der Waals surface area contributed by atoms with Gasteiger partial charge in [-0.1, -0.05) is 44.2 Å². The van der Waals surface area contributed by atoms with Crippen LogP contribution >= 0.6 is 50.1 Å². The molecule has 0 amide bonds. The lowest BCUT2D eigenvalue weighted by atomic mass is 9.78. The molecule has 1 aromatic heterocycles. The number of benzene rings is 2. The first-order chi connectivity index (χ1) is 16.6. The summed E-state index contributed by atoms with van der Waals surface area (Å²) in [6, 6.07) is 14.1. The van der Waals surface area contributed by atoms with Crippen LogP contribution in [0.2, 0.25) is 0 Å². The monoisotopic (exact) mass is 677 g/mol. The molecular weight excluding hydrogens is 649 g/mol. The SMILES string of the molecule is CC(CCl)COc1ccc(C(C)(C)c2ccc(OCC(O)Cn3nnc(CO)c3I)cc2)cc1Br. The van der Waals surface area contributed by atoms with Gasteiger partial charge in [-0.15, -0.1) is 16.7 Å². The van der Waals surface area contributed by atoms with Gasteiger partial charge >= 0.3 is 0 Å². The van der Waals surface area contributed by atoms with Gasteiger partial charge in [-0.3, -0.25) is 0 Å². The zero-order valence-electron chi connectivity index (χ0n) is 19.9. The minimum absolute atomic E-state index is 0.115. The number of aliphatic hydroxyl groups is 2. The summed E-state index contributed by atoms with van der Waals surface area (Å²) in [6.07, 6.45) is -0.765. The maximum absolute atomic E-state index is 10.3. The summed E-state index contributed by atoms with van der Waals surface area (Å²) in [6.45, 7) is 7.13. The lowest BCUT2D eigenvalue weighted by molar-refractivity contribution is 0.0881. The lowest BCUT2D eigenvalue weighted by Gasteiger charge is -2.27. The average Bonchev–Trinajstić information content (AvgIpc) is 3.20. The lowest BCUT2D eigenvalue weighted by Crippen LogP contribution is -2.25. The Morgan fingerprint density at radius 2 is 1.80 bits per heavy atom. The van der Waals surface area contributed by atoms with E-state index in [1.165, 1.54) is 0 Å². The van der Waals surface area contributed by atoms with Crippen molar-refractivity contribution in [3.8, 4) is 11.5 Å². The van der Waals surface area contributed by atoms with E-state index in [0.717, 1.165) is 21.3 Å². The summed E-state index contributed by atoms with van der Waals surface area (Å²) < 4.78 is 14.8. The molecule has 0 saturated carbocycles. The summed E-state index contributed by atoms with van der Waals surface area (Å²) in [5.41, 5.74) is 2.54. The third kappa shape index (κ3) is 7.31. The number of ether oxygens (including phenoxy) is 2. The van der Waals surface area contributed by atoms with Crippen LogP contribution in [-0.4, -0.2) is 50.4 Å². The fraction of sp³-hybridized carbons (Fsp3) is 0.440. The van der Waals surface area contributed by atoms with E-state index in [4.69, 9.17) is 21.1 Å². The van der Waals surface area contributed by atoms with Gasteiger partial charge < -0.3 is 19.7 Å². The van der Waals surface area contributed by atoms with Gasteiger partial charge in [-0.25, -0.2) is 4.68 Å². The quantitative estimate of drug-likeness (QED) is 0.204. The molecule has 35 heavy (non-hydrogen) atoms. The number of nitrogens with zero attached hydrogens (tertiary/aromatic N) is 3. The smallest absolute Gasteiger partial charge is 0.133 e. The molecule has 0 spiro atoms. The Hall–Kier alpha value is -1.40. The van der Waals surface area contributed by atoms with Crippen molar-refractivity contribution >= 4 is 50.1 Å². The van der Waals surface area contributed by atoms with Crippen LogP contribution in [0.1, 0.15) is 37.6 Å².